The van der Waals surface area contributed by atoms with Crippen LogP contribution in [0.2, 0.25) is 10.0 Å². The van der Waals surface area contributed by atoms with Gasteiger partial charge in [-0.1, -0.05) is 35.3 Å². The minimum absolute atomic E-state index is 0.0552. The largest absolute Gasteiger partial charge is 0.416 e. The minimum Gasteiger partial charge on any atom is -0.334 e. The topological polar surface area (TPSA) is 115 Å². The van der Waals surface area contributed by atoms with Crippen LogP contribution >= 0.6 is 23.2 Å². The molecule has 1 fully saturated rings. The molecule has 1 saturated carbocycles. The number of aromatic nitrogens is 3. The lowest BCUT2D eigenvalue weighted by molar-refractivity contribution is -0.137. The van der Waals surface area contributed by atoms with E-state index in [2.05, 4.69) is 20.4 Å². The van der Waals surface area contributed by atoms with Crippen LogP contribution in [0.4, 0.5) is 18.9 Å². The summed E-state index contributed by atoms with van der Waals surface area (Å²) >= 11 is 13.2. The fourth-order valence-electron chi connectivity index (χ4n) is 4.39. The highest BCUT2D eigenvalue weighted by Crippen LogP contribution is 2.57. The number of hydrogen-bond acceptors (Lipinski definition) is 7. The van der Waals surface area contributed by atoms with Gasteiger partial charge < -0.3 is 9.84 Å². The van der Waals surface area contributed by atoms with Crippen molar-refractivity contribution in [2.45, 2.75) is 42.7 Å². The van der Waals surface area contributed by atoms with E-state index in [1.54, 1.807) is 12.1 Å². The molecule has 8 nitrogen and oxygen atoms in total. The zero-order valence-electron chi connectivity index (χ0n) is 21.3. The van der Waals surface area contributed by atoms with Crippen molar-refractivity contribution in [3.63, 3.8) is 0 Å². The number of hydrogen-bond donors (Lipinski definition) is 1. The second-order valence-corrected chi connectivity index (χ2v) is 12.6. The van der Waals surface area contributed by atoms with Crippen molar-refractivity contribution in [2.75, 3.05) is 11.1 Å². The third-order valence-corrected chi connectivity index (χ3v) is 9.06. The predicted molar refractivity (Wildman–Crippen MR) is 146 cm³/mol. The van der Waals surface area contributed by atoms with E-state index in [4.69, 9.17) is 27.7 Å². The molecule has 41 heavy (non-hydrogen) atoms. The Morgan fingerprint density at radius 2 is 1.73 bits per heavy atom. The van der Waals surface area contributed by atoms with Crippen molar-refractivity contribution in [1.29, 1.82) is 0 Å². The van der Waals surface area contributed by atoms with Gasteiger partial charge in [-0.3, -0.25) is 9.78 Å². The number of sulfone groups is 1. The Kier molecular flexibility index (Phi) is 7.60. The summed E-state index contributed by atoms with van der Waals surface area (Å²) in [4.78, 5) is 21.2. The van der Waals surface area contributed by atoms with Crippen LogP contribution in [0.15, 0.2) is 64.1 Å². The molecule has 1 aliphatic rings. The van der Waals surface area contributed by atoms with Crippen LogP contribution in [0.3, 0.4) is 0 Å². The van der Waals surface area contributed by atoms with Crippen molar-refractivity contribution in [2.24, 2.45) is 0 Å². The highest BCUT2D eigenvalue weighted by Gasteiger charge is 2.52. The summed E-state index contributed by atoms with van der Waals surface area (Å²) in [5.74, 6) is -0.109. The third-order valence-electron chi connectivity index (χ3n) is 6.75. The molecule has 0 bridgehead atoms. The quantitative estimate of drug-likeness (QED) is 0.237. The number of pyridine rings is 1. The normalized spacial score (nSPS) is 14.6. The summed E-state index contributed by atoms with van der Waals surface area (Å²) in [6.45, 7) is 1.53. The summed E-state index contributed by atoms with van der Waals surface area (Å²) in [5.41, 5.74) is 0.0703. The van der Waals surface area contributed by atoms with Crippen molar-refractivity contribution >= 4 is 44.6 Å². The molecule has 5 rings (SSSR count). The molecule has 4 aromatic rings. The standard InChI is InChI=1S/C27H21Cl2F3N4O4S/c1-2-41(38,39)19-8-7-17(33-14-19)13-22(37)34-18-11-20(28)23(21(29)12-18)26(9-10-26)25-35-24(40-36-25)15-3-5-16(6-4-15)27(30,31)32/h3-8,11-12,14H,2,9-10,13H2,1H3,(H,34,37). The highest BCUT2D eigenvalue weighted by molar-refractivity contribution is 7.91. The SMILES string of the molecule is CCS(=O)(=O)c1ccc(CC(=O)Nc2cc(Cl)c(C3(c4noc(-c5ccc(C(F)(F)F)cc5)n4)CC3)c(Cl)c2)nc1. The number of carbonyl (C=O) groups excluding carboxylic acids is 1. The van der Waals surface area contributed by atoms with Crippen molar-refractivity contribution < 1.29 is 30.9 Å². The first-order chi connectivity index (χ1) is 19.3. The van der Waals surface area contributed by atoms with Crippen LogP contribution in [0, 0.1) is 0 Å². The summed E-state index contributed by atoms with van der Waals surface area (Å²) < 4.78 is 67.9. The lowest BCUT2D eigenvalue weighted by Gasteiger charge is -2.17. The number of nitrogens with zero attached hydrogens (tertiary/aromatic N) is 3. The molecule has 1 N–H and O–H groups in total. The number of alkyl halides is 3. The van der Waals surface area contributed by atoms with E-state index >= 15 is 0 Å². The third kappa shape index (κ3) is 5.95. The predicted octanol–water partition coefficient (Wildman–Crippen LogP) is 6.51. The van der Waals surface area contributed by atoms with Gasteiger partial charge in [0.2, 0.25) is 5.91 Å². The lowest BCUT2D eigenvalue weighted by Crippen LogP contribution is -2.17. The van der Waals surface area contributed by atoms with Gasteiger partial charge in [-0.25, -0.2) is 8.42 Å². The molecule has 214 valence electrons. The van der Waals surface area contributed by atoms with Gasteiger partial charge >= 0.3 is 6.18 Å². The van der Waals surface area contributed by atoms with Crippen LogP contribution < -0.4 is 5.32 Å². The number of anilines is 1. The Bertz CT molecular complexity index is 1700. The van der Waals surface area contributed by atoms with Crippen molar-refractivity contribution in [3.05, 3.63) is 87.4 Å². The second-order valence-electron chi connectivity index (χ2n) is 9.51. The molecule has 0 spiro atoms. The zero-order chi connectivity index (χ0) is 29.6. The lowest BCUT2D eigenvalue weighted by atomic mass is 9.94. The monoisotopic (exact) mass is 624 g/mol. The van der Waals surface area contributed by atoms with Crippen LogP contribution in [0.5, 0.6) is 0 Å². The Morgan fingerprint density at radius 1 is 1.07 bits per heavy atom. The van der Waals surface area contributed by atoms with Crippen molar-refractivity contribution in [3.8, 4) is 11.5 Å². The number of rotatable bonds is 8. The van der Waals surface area contributed by atoms with Crippen LogP contribution in [0.25, 0.3) is 11.5 Å². The fourth-order valence-corrected chi connectivity index (χ4v) is 6.06. The van der Waals surface area contributed by atoms with Gasteiger partial charge in [0.1, 0.15) is 0 Å². The number of carbonyl (C=O) groups is 1. The van der Waals surface area contributed by atoms with Gasteiger partial charge in [-0.15, -0.1) is 0 Å². The zero-order valence-corrected chi connectivity index (χ0v) is 23.6. The Labute approximate surface area is 242 Å². The fraction of sp³-hybridized carbons (Fsp3) is 0.259. The van der Waals surface area contributed by atoms with Gasteiger partial charge in [0.15, 0.2) is 15.7 Å². The molecule has 0 atom stereocenters. The number of benzene rings is 2. The van der Waals surface area contributed by atoms with Gasteiger partial charge in [-0.05, 0) is 61.4 Å². The second kappa shape index (κ2) is 10.7. The van der Waals surface area contributed by atoms with Crippen molar-refractivity contribution in [1.82, 2.24) is 15.1 Å². The molecule has 0 unspecified atom stereocenters. The maximum atomic E-state index is 12.9. The van der Waals surface area contributed by atoms with E-state index in [0.717, 1.165) is 12.1 Å². The minimum atomic E-state index is -4.46. The van der Waals surface area contributed by atoms with Gasteiger partial charge in [0, 0.05) is 38.8 Å². The molecule has 2 aromatic heterocycles. The number of halogens is 5. The maximum absolute atomic E-state index is 12.9. The summed E-state index contributed by atoms with van der Waals surface area (Å²) in [5, 5.41) is 7.30. The van der Waals surface area contributed by atoms with Gasteiger partial charge in [0.05, 0.1) is 28.0 Å². The Hall–Kier alpha value is -3.48. The molecule has 2 heterocycles. The van der Waals surface area contributed by atoms with E-state index in [1.165, 1.54) is 37.4 Å². The van der Waals surface area contributed by atoms with E-state index in [1.807, 2.05) is 0 Å². The van der Waals surface area contributed by atoms with E-state index < -0.39 is 32.9 Å². The molecule has 0 radical (unpaired) electrons. The van der Waals surface area contributed by atoms with Crippen LogP contribution in [0.1, 0.15) is 42.4 Å². The van der Waals surface area contributed by atoms with Gasteiger partial charge in [0.25, 0.3) is 5.89 Å². The smallest absolute Gasteiger partial charge is 0.334 e. The molecule has 1 aliphatic carbocycles. The molecule has 2 aromatic carbocycles. The molecule has 1 amide bonds. The molecule has 14 heteroatoms. The summed E-state index contributed by atoms with van der Waals surface area (Å²) in [6.07, 6.45) is -2.13. The number of nitrogens with one attached hydrogen (secondary N) is 1. The molecular weight excluding hydrogens is 604 g/mol. The maximum Gasteiger partial charge on any atom is 0.416 e. The van der Waals surface area contributed by atoms with Crippen LogP contribution in [-0.4, -0.2) is 35.2 Å². The average Bonchev–Trinajstić information content (AvgIpc) is 3.54. The first-order valence-corrected chi connectivity index (χ1v) is 14.7. The summed E-state index contributed by atoms with van der Waals surface area (Å²) in [6, 6.07) is 10.4. The Balaban J connectivity index is 1.31. The van der Waals surface area contributed by atoms with Gasteiger partial charge in [-0.2, -0.15) is 18.2 Å². The summed E-state index contributed by atoms with van der Waals surface area (Å²) in [7, 11) is -3.40. The first kappa shape index (κ1) is 29.0. The van der Waals surface area contributed by atoms with Crippen LogP contribution in [-0.2, 0) is 32.6 Å². The Morgan fingerprint density at radius 3 is 2.27 bits per heavy atom. The highest BCUT2D eigenvalue weighted by atomic mass is 35.5. The molecular formula is C27H21Cl2F3N4O4S. The van der Waals surface area contributed by atoms with E-state index in [0.29, 0.717) is 41.2 Å². The molecule has 0 saturated heterocycles. The number of amides is 1. The average molecular weight is 625 g/mol. The van der Waals surface area contributed by atoms with E-state index in [-0.39, 0.29) is 33.0 Å². The van der Waals surface area contributed by atoms with E-state index in [9.17, 15) is 26.4 Å². The first-order valence-electron chi connectivity index (χ1n) is 12.3. The molecule has 0 aliphatic heterocycles.